The monoisotopic (exact) mass is 199 g/mol. The number of rotatable bonds is 4. The van der Waals surface area contributed by atoms with Crippen molar-refractivity contribution in [1.29, 1.82) is 0 Å². The van der Waals surface area contributed by atoms with Gasteiger partial charge in [0, 0.05) is 12.1 Å². The number of alkyl halides is 1. The molecular formula is C10H14FNO2. The van der Waals surface area contributed by atoms with Crippen LogP contribution in [0.4, 0.5) is 4.39 Å². The van der Waals surface area contributed by atoms with Crippen LogP contribution in [0, 0.1) is 0 Å². The third-order valence-corrected chi connectivity index (χ3v) is 1.95. The van der Waals surface area contributed by atoms with Gasteiger partial charge in [-0.25, -0.2) is 4.39 Å². The van der Waals surface area contributed by atoms with E-state index in [4.69, 9.17) is 4.74 Å². The number of nitrogens with one attached hydrogen (secondary N) is 1. The first-order valence-corrected chi connectivity index (χ1v) is 4.35. The van der Waals surface area contributed by atoms with Crippen molar-refractivity contribution in [1.82, 2.24) is 5.32 Å². The second kappa shape index (κ2) is 4.81. The fraction of sp³-hybridized carbons (Fsp3) is 0.400. The van der Waals surface area contributed by atoms with Gasteiger partial charge in [0.1, 0.15) is 6.17 Å². The minimum Gasteiger partial charge on any atom is -0.504 e. The molecule has 0 heterocycles. The minimum atomic E-state index is -1.18. The molecule has 2 N–H and O–H groups in total. The van der Waals surface area contributed by atoms with Gasteiger partial charge in [-0.1, -0.05) is 12.1 Å². The zero-order valence-corrected chi connectivity index (χ0v) is 8.25. The van der Waals surface area contributed by atoms with Crippen LogP contribution in [0.2, 0.25) is 0 Å². The number of phenolic OH excluding ortho intramolecular Hbond substituents is 1. The zero-order valence-electron chi connectivity index (χ0n) is 8.25. The van der Waals surface area contributed by atoms with Crippen molar-refractivity contribution in [3.05, 3.63) is 23.8 Å². The van der Waals surface area contributed by atoms with Gasteiger partial charge < -0.3 is 15.2 Å². The largest absolute Gasteiger partial charge is 0.504 e. The molecule has 78 valence electrons. The lowest BCUT2D eigenvalue weighted by molar-refractivity contribution is 0.309. The van der Waals surface area contributed by atoms with Crippen LogP contribution in [0.3, 0.4) is 0 Å². The summed E-state index contributed by atoms with van der Waals surface area (Å²) in [7, 11) is 3.08. The van der Waals surface area contributed by atoms with Crippen LogP contribution < -0.4 is 10.1 Å². The third-order valence-electron chi connectivity index (χ3n) is 1.95. The first-order valence-electron chi connectivity index (χ1n) is 4.35. The molecule has 0 bridgehead atoms. The Morgan fingerprint density at radius 2 is 2.29 bits per heavy atom. The van der Waals surface area contributed by atoms with Crippen LogP contribution in [0.5, 0.6) is 11.5 Å². The number of likely N-dealkylation sites (N-methyl/N-ethyl adjacent to an activating group) is 1. The maximum absolute atomic E-state index is 13.5. The highest BCUT2D eigenvalue weighted by Gasteiger charge is 2.16. The standard InChI is InChI=1S/C10H14FNO2/c1-12-6-8(11)7-4-3-5-9(13)10(7)14-2/h3-5,8,12-13H,6H2,1-2H3. The van der Waals surface area contributed by atoms with Gasteiger partial charge in [0.15, 0.2) is 11.5 Å². The number of phenols is 1. The van der Waals surface area contributed by atoms with E-state index in [2.05, 4.69) is 5.32 Å². The summed E-state index contributed by atoms with van der Waals surface area (Å²) in [5.41, 5.74) is 0.363. The topological polar surface area (TPSA) is 41.5 Å². The molecule has 3 nitrogen and oxygen atoms in total. The molecule has 4 heteroatoms. The molecule has 1 atom stereocenters. The van der Waals surface area contributed by atoms with Crippen molar-refractivity contribution >= 4 is 0 Å². The van der Waals surface area contributed by atoms with E-state index in [1.54, 1.807) is 19.2 Å². The molecule has 0 radical (unpaired) electrons. The van der Waals surface area contributed by atoms with E-state index in [1.165, 1.54) is 13.2 Å². The van der Waals surface area contributed by atoms with Crippen LogP contribution in [0.25, 0.3) is 0 Å². The van der Waals surface area contributed by atoms with Crippen LogP contribution in [0.15, 0.2) is 18.2 Å². The summed E-state index contributed by atoms with van der Waals surface area (Å²) in [6, 6.07) is 4.66. The average molecular weight is 199 g/mol. The lowest BCUT2D eigenvalue weighted by atomic mass is 10.1. The molecule has 0 amide bonds. The lowest BCUT2D eigenvalue weighted by Gasteiger charge is -2.13. The van der Waals surface area contributed by atoms with Crippen molar-refractivity contribution in [2.75, 3.05) is 20.7 Å². The normalized spacial score (nSPS) is 12.5. The van der Waals surface area contributed by atoms with Gasteiger partial charge in [-0.2, -0.15) is 0 Å². The van der Waals surface area contributed by atoms with Gasteiger partial charge in [-0.15, -0.1) is 0 Å². The molecule has 1 unspecified atom stereocenters. The summed E-state index contributed by atoms with van der Waals surface area (Å²) in [4.78, 5) is 0. The van der Waals surface area contributed by atoms with Crippen molar-refractivity contribution < 1.29 is 14.2 Å². The number of halogens is 1. The van der Waals surface area contributed by atoms with Gasteiger partial charge in [0.05, 0.1) is 7.11 Å². The van der Waals surface area contributed by atoms with E-state index < -0.39 is 6.17 Å². The Morgan fingerprint density at radius 3 is 2.86 bits per heavy atom. The first-order chi connectivity index (χ1) is 6.70. The summed E-state index contributed by atoms with van der Waals surface area (Å²) in [5, 5.41) is 12.1. The summed E-state index contributed by atoms with van der Waals surface area (Å²) in [5.74, 6) is 0.166. The van der Waals surface area contributed by atoms with Crippen LogP contribution in [-0.4, -0.2) is 25.8 Å². The smallest absolute Gasteiger partial charge is 0.166 e. The Morgan fingerprint density at radius 1 is 1.57 bits per heavy atom. The second-order valence-corrected chi connectivity index (χ2v) is 2.92. The highest BCUT2D eigenvalue weighted by atomic mass is 19.1. The molecule has 0 aromatic heterocycles. The molecule has 0 saturated heterocycles. The van der Waals surface area contributed by atoms with E-state index in [1.807, 2.05) is 0 Å². The molecule has 0 saturated carbocycles. The van der Waals surface area contributed by atoms with Crippen molar-refractivity contribution in [3.63, 3.8) is 0 Å². The minimum absolute atomic E-state index is 0.0382. The number of hydrogen-bond acceptors (Lipinski definition) is 3. The lowest BCUT2D eigenvalue weighted by Crippen LogP contribution is -2.14. The van der Waals surface area contributed by atoms with Crippen molar-refractivity contribution in [3.8, 4) is 11.5 Å². The van der Waals surface area contributed by atoms with E-state index in [0.717, 1.165) is 0 Å². The summed E-state index contributed by atoms with van der Waals surface area (Å²) < 4.78 is 18.4. The average Bonchev–Trinajstić information content (AvgIpc) is 2.17. The fourth-order valence-electron chi connectivity index (χ4n) is 1.30. The summed E-state index contributed by atoms with van der Waals surface area (Å²) in [6.45, 7) is 0.194. The maximum atomic E-state index is 13.5. The Balaban J connectivity index is 3.00. The predicted molar refractivity (Wildman–Crippen MR) is 52.4 cm³/mol. The van der Waals surface area contributed by atoms with Gasteiger partial charge in [-0.05, 0) is 13.1 Å². The number of ether oxygens (including phenoxy) is 1. The molecule has 0 spiro atoms. The Hall–Kier alpha value is -1.29. The second-order valence-electron chi connectivity index (χ2n) is 2.92. The van der Waals surface area contributed by atoms with Gasteiger partial charge >= 0.3 is 0 Å². The summed E-state index contributed by atoms with van der Waals surface area (Å²) >= 11 is 0. The highest BCUT2D eigenvalue weighted by molar-refractivity contribution is 5.46. The van der Waals surface area contributed by atoms with E-state index in [9.17, 15) is 9.50 Å². The van der Waals surface area contributed by atoms with Crippen LogP contribution >= 0.6 is 0 Å². The molecular weight excluding hydrogens is 185 g/mol. The molecule has 1 aromatic rings. The zero-order chi connectivity index (χ0) is 10.6. The highest BCUT2D eigenvalue weighted by Crippen LogP contribution is 2.34. The molecule has 0 aliphatic heterocycles. The van der Waals surface area contributed by atoms with Crippen molar-refractivity contribution in [2.45, 2.75) is 6.17 Å². The third kappa shape index (κ3) is 2.14. The van der Waals surface area contributed by atoms with E-state index in [-0.39, 0.29) is 18.0 Å². The molecule has 1 aromatic carbocycles. The quantitative estimate of drug-likeness (QED) is 0.774. The first kappa shape index (κ1) is 10.8. The van der Waals surface area contributed by atoms with E-state index in [0.29, 0.717) is 5.56 Å². The molecule has 14 heavy (non-hydrogen) atoms. The fourth-order valence-corrected chi connectivity index (χ4v) is 1.30. The molecule has 0 fully saturated rings. The van der Waals surface area contributed by atoms with Gasteiger partial charge in [0.2, 0.25) is 0 Å². The van der Waals surface area contributed by atoms with E-state index >= 15 is 0 Å². The number of benzene rings is 1. The maximum Gasteiger partial charge on any atom is 0.166 e. The van der Waals surface area contributed by atoms with Gasteiger partial charge in [-0.3, -0.25) is 0 Å². The van der Waals surface area contributed by atoms with Crippen molar-refractivity contribution in [2.24, 2.45) is 0 Å². The van der Waals surface area contributed by atoms with Crippen LogP contribution in [0.1, 0.15) is 11.7 Å². The van der Waals surface area contributed by atoms with Crippen LogP contribution in [-0.2, 0) is 0 Å². The molecule has 1 rings (SSSR count). The van der Waals surface area contributed by atoms with Gasteiger partial charge in [0.25, 0.3) is 0 Å². The molecule has 0 aliphatic carbocycles. The molecule has 0 aliphatic rings. The number of methoxy groups -OCH3 is 1. The Labute approximate surface area is 82.5 Å². The Bertz CT molecular complexity index is 304. The SMILES string of the molecule is CNCC(F)c1cccc(O)c1OC. The number of hydrogen-bond donors (Lipinski definition) is 2. The predicted octanol–water partition coefficient (Wildman–Crippen LogP) is 1.63. The Kier molecular flexibility index (Phi) is 3.71. The summed E-state index contributed by atoms with van der Waals surface area (Å²) in [6.07, 6.45) is -1.18. The number of aromatic hydroxyl groups is 1. The number of para-hydroxylation sites is 1.